The molecule has 0 fully saturated rings. The molecule has 1 heterocycles. The summed E-state index contributed by atoms with van der Waals surface area (Å²) in [5.74, 6) is -0.425. The Morgan fingerprint density at radius 2 is 2.05 bits per heavy atom. The average Bonchev–Trinajstić information content (AvgIpc) is 2.36. The standard InChI is InChI=1S/C11H12ClN5O2/c12-6-1-3-7(4-2-6)15-9-8(14-5-18)10(19)17-11(13)16-9/h1-5,8-9,15H,(H,14,18)(H3,13,16,17,19). The van der Waals surface area contributed by atoms with Gasteiger partial charge < -0.3 is 16.4 Å². The highest BCUT2D eigenvalue weighted by molar-refractivity contribution is 6.30. The van der Waals surface area contributed by atoms with Gasteiger partial charge in [0.25, 0.3) is 5.91 Å². The molecule has 2 unspecified atom stereocenters. The van der Waals surface area contributed by atoms with Crippen molar-refractivity contribution in [3.63, 3.8) is 0 Å². The number of hydrogen-bond donors (Lipinski definition) is 4. The van der Waals surface area contributed by atoms with Gasteiger partial charge in [0.1, 0.15) is 6.04 Å². The number of nitrogens with two attached hydrogens (primary N) is 1. The molecule has 2 atom stereocenters. The zero-order valence-corrected chi connectivity index (χ0v) is 10.5. The summed E-state index contributed by atoms with van der Waals surface area (Å²) in [5.41, 5.74) is 6.20. The summed E-state index contributed by atoms with van der Waals surface area (Å²) in [6.45, 7) is 0. The van der Waals surface area contributed by atoms with Crippen LogP contribution in [0.2, 0.25) is 5.02 Å². The van der Waals surface area contributed by atoms with E-state index in [2.05, 4.69) is 20.9 Å². The number of rotatable bonds is 4. The van der Waals surface area contributed by atoms with Crippen molar-refractivity contribution >= 4 is 35.6 Å². The SMILES string of the molecule is NC1=NC(Nc2ccc(Cl)cc2)C(NC=O)C(=O)N1. The first-order valence-corrected chi connectivity index (χ1v) is 5.84. The van der Waals surface area contributed by atoms with Crippen LogP contribution in [0.5, 0.6) is 0 Å². The molecule has 2 rings (SSSR count). The molecular formula is C11H12ClN5O2. The summed E-state index contributed by atoms with van der Waals surface area (Å²) in [7, 11) is 0. The number of carbonyl (C=O) groups excluding carboxylic acids is 2. The zero-order chi connectivity index (χ0) is 13.8. The van der Waals surface area contributed by atoms with E-state index in [-0.39, 0.29) is 5.96 Å². The second-order valence-corrected chi connectivity index (χ2v) is 4.30. The van der Waals surface area contributed by atoms with E-state index in [1.54, 1.807) is 24.3 Å². The molecule has 1 aliphatic rings. The van der Waals surface area contributed by atoms with Gasteiger partial charge in [-0.05, 0) is 24.3 Å². The van der Waals surface area contributed by atoms with E-state index < -0.39 is 18.1 Å². The molecular weight excluding hydrogens is 270 g/mol. The molecule has 0 saturated heterocycles. The third kappa shape index (κ3) is 3.14. The Morgan fingerprint density at radius 3 is 2.68 bits per heavy atom. The number of guanidine groups is 1. The minimum absolute atomic E-state index is 0.000382. The lowest BCUT2D eigenvalue weighted by molar-refractivity contribution is -0.124. The molecule has 2 amide bonds. The van der Waals surface area contributed by atoms with Gasteiger partial charge in [0, 0.05) is 10.7 Å². The Hall–Kier alpha value is -2.28. The Labute approximate surface area is 114 Å². The lowest BCUT2D eigenvalue weighted by atomic mass is 10.1. The highest BCUT2D eigenvalue weighted by Crippen LogP contribution is 2.16. The normalized spacial score (nSPS) is 22.2. The molecule has 0 saturated carbocycles. The van der Waals surface area contributed by atoms with E-state index in [0.717, 1.165) is 0 Å². The average molecular weight is 282 g/mol. The monoisotopic (exact) mass is 281 g/mol. The second kappa shape index (κ2) is 5.57. The van der Waals surface area contributed by atoms with E-state index >= 15 is 0 Å². The first-order valence-electron chi connectivity index (χ1n) is 5.46. The van der Waals surface area contributed by atoms with Gasteiger partial charge in [0.15, 0.2) is 12.1 Å². The van der Waals surface area contributed by atoms with Gasteiger partial charge in [0.2, 0.25) is 6.41 Å². The lowest BCUT2D eigenvalue weighted by Gasteiger charge is -2.28. The van der Waals surface area contributed by atoms with Crippen LogP contribution < -0.4 is 21.7 Å². The fourth-order valence-electron chi connectivity index (χ4n) is 1.68. The third-order valence-corrected chi connectivity index (χ3v) is 2.79. The number of nitrogens with zero attached hydrogens (tertiary/aromatic N) is 1. The van der Waals surface area contributed by atoms with Gasteiger partial charge in [-0.25, -0.2) is 4.99 Å². The number of aliphatic imine (C=N–C) groups is 1. The summed E-state index contributed by atoms with van der Waals surface area (Å²) in [6.07, 6.45) is -0.238. The van der Waals surface area contributed by atoms with Crippen molar-refractivity contribution in [2.45, 2.75) is 12.2 Å². The molecule has 0 radical (unpaired) electrons. The molecule has 1 aliphatic heterocycles. The fourth-order valence-corrected chi connectivity index (χ4v) is 1.80. The van der Waals surface area contributed by atoms with Crippen molar-refractivity contribution in [1.29, 1.82) is 0 Å². The Balaban J connectivity index is 2.19. The number of hydrogen-bond acceptors (Lipinski definition) is 5. The molecule has 5 N–H and O–H groups in total. The summed E-state index contributed by atoms with van der Waals surface area (Å²) in [6, 6.07) is 6.03. The van der Waals surface area contributed by atoms with Gasteiger partial charge >= 0.3 is 0 Å². The molecule has 8 heteroatoms. The summed E-state index contributed by atoms with van der Waals surface area (Å²) >= 11 is 5.78. The smallest absolute Gasteiger partial charge is 0.253 e. The highest BCUT2D eigenvalue weighted by atomic mass is 35.5. The van der Waals surface area contributed by atoms with Crippen LogP contribution in [0.1, 0.15) is 0 Å². The van der Waals surface area contributed by atoms with Crippen LogP contribution in [0.15, 0.2) is 29.3 Å². The summed E-state index contributed by atoms with van der Waals surface area (Å²) in [4.78, 5) is 26.3. The molecule has 100 valence electrons. The Kier molecular flexibility index (Phi) is 3.86. The molecule has 1 aromatic rings. The van der Waals surface area contributed by atoms with Crippen molar-refractivity contribution in [3.05, 3.63) is 29.3 Å². The van der Waals surface area contributed by atoms with E-state index in [0.29, 0.717) is 17.1 Å². The predicted molar refractivity (Wildman–Crippen MR) is 71.6 cm³/mol. The number of halogens is 1. The Bertz CT molecular complexity index is 516. The highest BCUT2D eigenvalue weighted by Gasteiger charge is 2.32. The number of amides is 2. The van der Waals surface area contributed by atoms with Gasteiger partial charge in [0.05, 0.1) is 0 Å². The molecule has 1 aromatic carbocycles. The molecule has 19 heavy (non-hydrogen) atoms. The molecule has 0 spiro atoms. The van der Waals surface area contributed by atoms with Crippen molar-refractivity contribution < 1.29 is 9.59 Å². The predicted octanol–water partition coefficient (Wildman–Crippen LogP) is -0.363. The van der Waals surface area contributed by atoms with Gasteiger partial charge in [-0.15, -0.1) is 0 Å². The third-order valence-electron chi connectivity index (χ3n) is 2.53. The minimum Gasteiger partial charge on any atom is -0.370 e. The van der Waals surface area contributed by atoms with Crippen LogP contribution in [0, 0.1) is 0 Å². The van der Waals surface area contributed by atoms with Gasteiger partial charge in [-0.3, -0.25) is 14.9 Å². The quantitative estimate of drug-likeness (QED) is 0.565. The minimum atomic E-state index is -0.833. The maximum absolute atomic E-state index is 11.7. The van der Waals surface area contributed by atoms with Crippen LogP contribution in [0.3, 0.4) is 0 Å². The fraction of sp³-hybridized carbons (Fsp3) is 0.182. The van der Waals surface area contributed by atoms with Crippen LogP contribution in [-0.4, -0.2) is 30.5 Å². The Morgan fingerprint density at radius 1 is 1.37 bits per heavy atom. The number of carbonyl (C=O) groups is 2. The lowest BCUT2D eigenvalue weighted by Crippen LogP contribution is -2.59. The first kappa shape index (κ1) is 13.2. The van der Waals surface area contributed by atoms with Crippen LogP contribution in [0.25, 0.3) is 0 Å². The number of anilines is 1. The van der Waals surface area contributed by atoms with Crippen LogP contribution in [0.4, 0.5) is 5.69 Å². The van der Waals surface area contributed by atoms with Crippen molar-refractivity contribution in [2.75, 3.05) is 5.32 Å². The van der Waals surface area contributed by atoms with Crippen molar-refractivity contribution in [3.8, 4) is 0 Å². The van der Waals surface area contributed by atoms with E-state index in [4.69, 9.17) is 17.3 Å². The maximum Gasteiger partial charge on any atom is 0.253 e. The van der Waals surface area contributed by atoms with Crippen LogP contribution in [-0.2, 0) is 9.59 Å². The largest absolute Gasteiger partial charge is 0.370 e. The molecule has 0 aromatic heterocycles. The summed E-state index contributed by atoms with van der Waals surface area (Å²) < 4.78 is 0. The molecule has 7 nitrogen and oxygen atoms in total. The van der Waals surface area contributed by atoms with E-state index in [1.165, 1.54) is 0 Å². The summed E-state index contributed by atoms with van der Waals surface area (Å²) in [5, 5.41) is 8.33. The maximum atomic E-state index is 11.7. The number of nitrogens with one attached hydrogen (secondary N) is 3. The van der Waals surface area contributed by atoms with Crippen LogP contribution >= 0.6 is 11.6 Å². The second-order valence-electron chi connectivity index (χ2n) is 3.86. The van der Waals surface area contributed by atoms with E-state index in [1.807, 2.05) is 0 Å². The van der Waals surface area contributed by atoms with Gasteiger partial charge in [-0.1, -0.05) is 11.6 Å². The zero-order valence-electron chi connectivity index (χ0n) is 9.76. The first-order chi connectivity index (χ1) is 9.10. The van der Waals surface area contributed by atoms with E-state index in [9.17, 15) is 9.59 Å². The van der Waals surface area contributed by atoms with Gasteiger partial charge in [-0.2, -0.15) is 0 Å². The molecule has 0 aliphatic carbocycles. The number of benzene rings is 1. The van der Waals surface area contributed by atoms with Crippen molar-refractivity contribution in [1.82, 2.24) is 10.6 Å². The molecule has 0 bridgehead atoms. The van der Waals surface area contributed by atoms with Crippen molar-refractivity contribution in [2.24, 2.45) is 10.7 Å². The topological polar surface area (TPSA) is 109 Å².